The first-order chi connectivity index (χ1) is 13.1. The van der Waals surface area contributed by atoms with Crippen molar-refractivity contribution in [1.29, 1.82) is 0 Å². The number of fused-ring (bicyclic) bond motifs is 1. The Hall–Kier alpha value is -2.77. The van der Waals surface area contributed by atoms with E-state index in [1.54, 1.807) is 18.2 Å². The molecule has 0 aliphatic heterocycles. The van der Waals surface area contributed by atoms with Gasteiger partial charge in [0.1, 0.15) is 18.2 Å². The van der Waals surface area contributed by atoms with Gasteiger partial charge < -0.3 is 4.74 Å². The van der Waals surface area contributed by atoms with E-state index in [1.165, 1.54) is 34.8 Å². The number of rotatable bonds is 5. The van der Waals surface area contributed by atoms with Crippen LogP contribution in [0.3, 0.4) is 0 Å². The van der Waals surface area contributed by atoms with E-state index in [4.69, 9.17) is 4.74 Å². The first kappa shape index (κ1) is 17.6. The number of aromatic nitrogens is 1. The normalized spacial score (nSPS) is 10.9. The third-order valence-electron chi connectivity index (χ3n) is 3.86. The molecule has 4 aromatic rings. The Morgan fingerprint density at radius 3 is 2.81 bits per heavy atom. The van der Waals surface area contributed by atoms with Crippen LogP contribution in [0.5, 0.6) is 5.75 Å². The van der Waals surface area contributed by atoms with Crippen LogP contribution in [-0.2, 0) is 6.61 Å². The third kappa shape index (κ3) is 4.15. The number of benzene rings is 2. The average Bonchev–Trinajstić information content (AvgIpc) is 3.27. The Labute approximate surface area is 163 Å². The standard InChI is InChI=1S/C20H15FN2O2S2/c1-12-2-7-16-17(8-12)27-20(22-16)23-19(24)18-9-13(11-26-18)10-25-15-5-3-14(21)4-6-15/h2-9,11H,10H2,1H3,(H,22,23,24). The number of aryl methyl sites for hydroxylation is 1. The molecule has 0 fully saturated rings. The highest BCUT2D eigenvalue weighted by Crippen LogP contribution is 2.27. The second kappa shape index (κ2) is 7.46. The molecule has 0 aliphatic rings. The van der Waals surface area contributed by atoms with Crippen molar-refractivity contribution < 1.29 is 13.9 Å². The number of thiazole rings is 1. The van der Waals surface area contributed by atoms with Crippen molar-refractivity contribution in [2.24, 2.45) is 0 Å². The Morgan fingerprint density at radius 1 is 1.19 bits per heavy atom. The van der Waals surface area contributed by atoms with Crippen LogP contribution in [0.4, 0.5) is 9.52 Å². The van der Waals surface area contributed by atoms with Gasteiger partial charge in [-0.05, 0) is 60.3 Å². The highest BCUT2D eigenvalue weighted by Gasteiger charge is 2.13. The minimum Gasteiger partial charge on any atom is -0.489 e. The molecule has 0 spiro atoms. The third-order valence-corrected chi connectivity index (χ3v) is 5.77. The fourth-order valence-corrected chi connectivity index (χ4v) is 4.26. The molecular weight excluding hydrogens is 383 g/mol. The van der Waals surface area contributed by atoms with Crippen molar-refractivity contribution in [2.75, 3.05) is 5.32 Å². The van der Waals surface area contributed by atoms with Gasteiger partial charge in [-0.3, -0.25) is 10.1 Å². The molecule has 0 bridgehead atoms. The van der Waals surface area contributed by atoms with E-state index in [0.717, 1.165) is 21.3 Å². The molecule has 0 saturated heterocycles. The van der Waals surface area contributed by atoms with Crippen LogP contribution in [-0.4, -0.2) is 10.9 Å². The largest absolute Gasteiger partial charge is 0.489 e. The van der Waals surface area contributed by atoms with E-state index >= 15 is 0 Å². The van der Waals surface area contributed by atoms with Gasteiger partial charge in [0.15, 0.2) is 5.13 Å². The summed E-state index contributed by atoms with van der Waals surface area (Å²) < 4.78 is 19.6. The van der Waals surface area contributed by atoms with Crippen LogP contribution in [0.25, 0.3) is 10.2 Å². The first-order valence-electron chi connectivity index (χ1n) is 8.21. The molecule has 2 aromatic heterocycles. The topological polar surface area (TPSA) is 51.2 Å². The summed E-state index contributed by atoms with van der Waals surface area (Å²) in [5.74, 6) is 0.0871. The lowest BCUT2D eigenvalue weighted by Crippen LogP contribution is -2.09. The molecule has 0 radical (unpaired) electrons. The maximum absolute atomic E-state index is 12.9. The smallest absolute Gasteiger partial charge is 0.267 e. The van der Waals surface area contributed by atoms with Gasteiger partial charge in [-0.15, -0.1) is 11.3 Å². The molecule has 0 unspecified atom stereocenters. The quantitative estimate of drug-likeness (QED) is 0.473. The van der Waals surface area contributed by atoms with Gasteiger partial charge >= 0.3 is 0 Å². The number of halogens is 1. The molecule has 2 heterocycles. The molecule has 0 atom stereocenters. The van der Waals surface area contributed by atoms with E-state index in [9.17, 15) is 9.18 Å². The molecule has 4 nitrogen and oxygen atoms in total. The Balaban J connectivity index is 1.40. The van der Waals surface area contributed by atoms with Gasteiger partial charge in [0.2, 0.25) is 0 Å². The van der Waals surface area contributed by atoms with Crippen LogP contribution in [0.1, 0.15) is 20.8 Å². The van der Waals surface area contributed by atoms with E-state index < -0.39 is 0 Å². The number of carbonyl (C=O) groups is 1. The summed E-state index contributed by atoms with van der Waals surface area (Å²) in [7, 11) is 0. The zero-order chi connectivity index (χ0) is 18.8. The second-order valence-electron chi connectivity index (χ2n) is 6.01. The predicted molar refractivity (Wildman–Crippen MR) is 107 cm³/mol. The van der Waals surface area contributed by atoms with Crippen molar-refractivity contribution in [3.05, 3.63) is 75.7 Å². The van der Waals surface area contributed by atoms with Crippen LogP contribution >= 0.6 is 22.7 Å². The molecule has 1 N–H and O–H groups in total. The summed E-state index contributed by atoms with van der Waals surface area (Å²) in [6.45, 7) is 2.34. The highest BCUT2D eigenvalue weighted by molar-refractivity contribution is 7.22. The number of nitrogens with one attached hydrogen (secondary N) is 1. The highest BCUT2D eigenvalue weighted by atomic mass is 32.1. The van der Waals surface area contributed by atoms with Crippen LogP contribution in [0.15, 0.2) is 53.9 Å². The number of nitrogens with zero attached hydrogens (tertiary/aromatic N) is 1. The predicted octanol–water partition coefficient (Wildman–Crippen LogP) is 5.64. The summed E-state index contributed by atoms with van der Waals surface area (Å²) in [6.07, 6.45) is 0. The molecule has 0 aliphatic carbocycles. The van der Waals surface area contributed by atoms with E-state index in [1.807, 2.05) is 24.4 Å². The number of carbonyl (C=O) groups excluding carboxylic acids is 1. The molecule has 4 rings (SSSR count). The second-order valence-corrected chi connectivity index (χ2v) is 7.95. The summed E-state index contributed by atoms with van der Waals surface area (Å²) in [6, 6.07) is 13.6. The molecule has 136 valence electrons. The van der Waals surface area contributed by atoms with Gasteiger partial charge in [-0.1, -0.05) is 17.4 Å². The van der Waals surface area contributed by atoms with Gasteiger partial charge in [0.05, 0.1) is 15.1 Å². The van der Waals surface area contributed by atoms with Crippen molar-refractivity contribution >= 4 is 43.9 Å². The number of hydrogen-bond acceptors (Lipinski definition) is 5. The fourth-order valence-electron chi connectivity index (χ4n) is 2.51. The van der Waals surface area contributed by atoms with Gasteiger partial charge in [0, 0.05) is 5.56 Å². The van der Waals surface area contributed by atoms with Crippen LogP contribution in [0, 0.1) is 12.7 Å². The molecule has 0 saturated carbocycles. The van der Waals surface area contributed by atoms with Crippen molar-refractivity contribution in [1.82, 2.24) is 4.98 Å². The van der Waals surface area contributed by atoms with E-state index in [-0.39, 0.29) is 11.7 Å². The summed E-state index contributed by atoms with van der Waals surface area (Å²) >= 11 is 2.80. The zero-order valence-electron chi connectivity index (χ0n) is 14.4. The van der Waals surface area contributed by atoms with Crippen LogP contribution < -0.4 is 10.1 Å². The minimum atomic E-state index is -0.304. The van der Waals surface area contributed by atoms with Crippen molar-refractivity contribution in [2.45, 2.75) is 13.5 Å². The Kier molecular flexibility index (Phi) is 4.87. The average molecular weight is 398 g/mol. The lowest BCUT2D eigenvalue weighted by Gasteiger charge is -2.04. The summed E-state index contributed by atoms with van der Waals surface area (Å²) in [4.78, 5) is 17.5. The maximum Gasteiger partial charge on any atom is 0.267 e. The number of amides is 1. The van der Waals surface area contributed by atoms with Gasteiger partial charge in [-0.25, -0.2) is 9.37 Å². The lowest BCUT2D eigenvalue weighted by molar-refractivity contribution is 0.103. The molecule has 7 heteroatoms. The van der Waals surface area contributed by atoms with Crippen molar-refractivity contribution in [3.63, 3.8) is 0 Å². The monoisotopic (exact) mass is 398 g/mol. The molecule has 27 heavy (non-hydrogen) atoms. The Morgan fingerprint density at radius 2 is 2.00 bits per heavy atom. The maximum atomic E-state index is 12.9. The van der Waals surface area contributed by atoms with Crippen LogP contribution in [0.2, 0.25) is 0 Å². The summed E-state index contributed by atoms with van der Waals surface area (Å²) in [5, 5.41) is 5.31. The molecular formula is C20H15FN2O2S2. The first-order valence-corrected chi connectivity index (χ1v) is 9.91. The zero-order valence-corrected chi connectivity index (χ0v) is 16.0. The molecule has 1 amide bonds. The number of anilines is 1. The van der Waals surface area contributed by atoms with Crippen molar-refractivity contribution in [3.8, 4) is 5.75 Å². The van der Waals surface area contributed by atoms with Gasteiger partial charge in [0.25, 0.3) is 5.91 Å². The minimum absolute atomic E-state index is 0.191. The fraction of sp³-hybridized carbons (Fsp3) is 0.100. The number of hydrogen-bond donors (Lipinski definition) is 1. The SMILES string of the molecule is Cc1ccc2nc(NC(=O)c3cc(COc4ccc(F)cc4)cs3)sc2c1. The Bertz CT molecular complexity index is 1100. The van der Waals surface area contributed by atoms with Gasteiger partial charge in [-0.2, -0.15) is 0 Å². The van der Waals surface area contributed by atoms with E-state index in [2.05, 4.69) is 16.4 Å². The van der Waals surface area contributed by atoms with E-state index in [0.29, 0.717) is 22.4 Å². The summed E-state index contributed by atoms with van der Waals surface area (Å²) in [5.41, 5.74) is 2.92. The number of ether oxygens (including phenoxy) is 1. The molecule has 2 aromatic carbocycles. The lowest BCUT2D eigenvalue weighted by atomic mass is 10.2. The number of thiophene rings is 1.